The first-order chi connectivity index (χ1) is 21.4. The first-order valence-corrected chi connectivity index (χ1v) is 14.7. The van der Waals surface area contributed by atoms with E-state index in [1.54, 1.807) is 30.3 Å². The molecule has 12 heteroatoms. The minimum atomic E-state index is -0.645. The van der Waals surface area contributed by atoms with Gasteiger partial charge in [-0.2, -0.15) is 0 Å². The maximum Gasteiger partial charge on any atom is 0.255 e. The molecule has 0 bridgehead atoms. The highest BCUT2D eigenvalue weighted by atomic mass is 16.5. The molecular weight excluding hydrogens is 566 g/mol. The van der Waals surface area contributed by atoms with E-state index in [2.05, 4.69) is 27.8 Å². The molecule has 0 saturated carbocycles. The van der Waals surface area contributed by atoms with E-state index < -0.39 is 11.9 Å². The summed E-state index contributed by atoms with van der Waals surface area (Å²) < 4.78 is 16.4. The van der Waals surface area contributed by atoms with E-state index in [4.69, 9.17) is 19.9 Å². The molecular formula is C32H39N5O7. The Kier molecular flexibility index (Phi) is 12.1. The second-order valence-electron chi connectivity index (χ2n) is 10.3. The van der Waals surface area contributed by atoms with Gasteiger partial charge in [-0.3, -0.25) is 24.5 Å². The first kappa shape index (κ1) is 32.5. The summed E-state index contributed by atoms with van der Waals surface area (Å²) in [6, 6.07) is 9.69. The maximum absolute atomic E-state index is 12.9. The zero-order chi connectivity index (χ0) is 31.3. The fourth-order valence-corrected chi connectivity index (χ4v) is 4.93. The molecule has 4 rings (SSSR count). The summed E-state index contributed by atoms with van der Waals surface area (Å²) in [6.45, 7) is 4.29. The van der Waals surface area contributed by atoms with Crippen molar-refractivity contribution in [1.29, 1.82) is 0 Å². The minimum Gasteiger partial charge on any atom is -0.495 e. The lowest BCUT2D eigenvalue weighted by atomic mass is 10.0. The Bertz CT molecular complexity index is 1420. The quantitative estimate of drug-likeness (QED) is 0.101. The molecule has 0 spiro atoms. The zero-order valence-electron chi connectivity index (χ0n) is 24.9. The van der Waals surface area contributed by atoms with Crippen LogP contribution in [-0.4, -0.2) is 87.7 Å². The SMILES string of the molecule is COc1cc(C(=O)NCCCOCCNCCOCCC#Cc2cccc3c2CN(C2CCC(=O)NC2=O)C3=O)ccc1N. The minimum absolute atomic E-state index is 0.186. The number of carbonyl (C=O) groups excluding carboxylic acids is 4. The summed E-state index contributed by atoms with van der Waals surface area (Å²) in [5, 5.41) is 8.43. The Labute approximate surface area is 257 Å². The van der Waals surface area contributed by atoms with Crippen LogP contribution in [0.5, 0.6) is 5.75 Å². The van der Waals surface area contributed by atoms with E-state index in [0.717, 1.165) is 11.1 Å². The number of fused-ring (bicyclic) bond motifs is 1. The summed E-state index contributed by atoms with van der Waals surface area (Å²) in [5.41, 5.74) is 8.88. The molecule has 5 N–H and O–H groups in total. The summed E-state index contributed by atoms with van der Waals surface area (Å²) in [6.07, 6.45) is 1.79. The molecule has 4 amide bonds. The fraction of sp³-hybridized carbons (Fsp3) is 0.438. The van der Waals surface area contributed by atoms with Gasteiger partial charge in [0.25, 0.3) is 11.8 Å². The van der Waals surface area contributed by atoms with Crippen molar-refractivity contribution in [1.82, 2.24) is 20.9 Å². The highest BCUT2D eigenvalue weighted by molar-refractivity contribution is 6.05. The van der Waals surface area contributed by atoms with Gasteiger partial charge < -0.3 is 35.5 Å². The second kappa shape index (κ2) is 16.4. The van der Waals surface area contributed by atoms with Gasteiger partial charge in [0.05, 0.1) is 32.6 Å². The smallest absolute Gasteiger partial charge is 0.255 e. The molecule has 234 valence electrons. The zero-order valence-corrected chi connectivity index (χ0v) is 24.9. The Morgan fingerprint density at radius 3 is 2.64 bits per heavy atom. The number of ether oxygens (including phenoxy) is 3. The van der Waals surface area contributed by atoms with Crippen LogP contribution in [0.2, 0.25) is 0 Å². The molecule has 2 heterocycles. The normalized spacial score (nSPS) is 15.8. The number of anilines is 1. The number of piperidine rings is 1. The molecule has 2 aromatic carbocycles. The number of methoxy groups -OCH3 is 1. The Morgan fingerprint density at radius 1 is 1.07 bits per heavy atom. The van der Waals surface area contributed by atoms with E-state index in [-0.39, 0.29) is 24.1 Å². The lowest BCUT2D eigenvalue weighted by Gasteiger charge is -2.29. The molecule has 1 unspecified atom stereocenters. The van der Waals surface area contributed by atoms with Crippen molar-refractivity contribution in [3.8, 4) is 17.6 Å². The van der Waals surface area contributed by atoms with Crippen molar-refractivity contribution >= 4 is 29.3 Å². The van der Waals surface area contributed by atoms with Crippen LogP contribution < -0.4 is 26.4 Å². The summed E-state index contributed by atoms with van der Waals surface area (Å²) in [7, 11) is 1.51. The van der Waals surface area contributed by atoms with Crippen molar-refractivity contribution in [2.75, 3.05) is 58.9 Å². The van der Waals surface area contributed by atoms with Crippen LogP contribution in [0.1, 0.15) is 57.5 Å². The van der Waals surface area contributed by atoms with Crippen LogP contribution in [0.3, 0.4) is 0 Å². The third-order valence-electron chi connectivity index (χ3n) is 7.27. The number of benzene rings is 2. The summed E-state index contributed by atoms with van der Waals surface area (Å²) in [4.78, 5) is 50.4. The summed E-state index contributed by atoms with van der Waals surface area (Å²) >= 11 is 0. The first-order valence-electron chi connectivity index (χ1n) is 14.7. The van der Waals surface area contributed by atoms with Crippen molar-refractivity contribution in [2.45, 2.75) is 38.3 Å². The predicted molar refractivity (Wildman–Crippen MR) is 163 cm³/mol. The fourth-order valence-electron chi connectivity index (χ4n) is 4.93. The van der Waals surface area contributed by atoms with Gasteiger partial charge in [-0.1, -0.05) is 17.9 Å². The monoisotopic (exact) mass is 605 g/mol. The van der Waals surface area contributed by atoms with Gasteiger partial charge in [0.2, 0.25) is 11.8 Å². The third kappa shape index (κ3) is 8.79. The molecule has 0 aliphatic carbocycles. The number of nitrogen functional groups attached to an aromatic ring is 1. The number of nitrogens with two attached hydrogens (primary N) is 1. The Morgan fingerprint density at radius 2 is 1.86 bits per heavy atom. The third-order valence-corrected chi connectivity index (χ3v) is 7.27. The van der Waals surface area contributed by atoms with Crippen molar-refractivity contribution in [3.05, 3.63) is 58.7 Å². The molecule has 1 fully saturated rings. The van der Waals surface area contributed by atoms with E-state index in [1.807, 2.05) is 6.07 Å². The van der Waals surface area contributed by atoms with Gasteiger partial charge in [0.15, 0.2) is 0 Å². The van der Waals surface area contributed by atoms with E-state index in [1.165, 1.54) is 12.0 Å². The van der Waals surface area contributed by atoms with Crippen molar-refractivity contribution in [2.24, 2.45) is 0 Å². The highest BCUT2D eigenvalue weighted by Crippen LogP contribution is 2.29. The van der Waals surface area contributed by atoms with Crippen LogP contribution in [0.4, 0.5) is 5.69 Å². The Balaban J connectivity index is 1.03. The number of nitrogens with zero attached hydrogens (tertiary/aromatic N) is 1. The summed E-state index contributed by atoms with van der Waals surface area (Å²) in [5.74, 6) is 5.59. The molecule has 1 atom stereocenters. The van der Waals surface area contributed by atoms with E-state index >= 15 is 0 Å². The molecule has 1 saturated heterocycles. The van der Waals surface area contributed by atoms with E-state index in [0.29, 0.717) is 94.4 Å². The van der Waals surface area contributed by atoms with Gasteiger partial charge in [-0.25, -0.2) is 0 Å². The van der Waals surface area contributed by atoms with Crippen LogP contribution in [0, 0.1) is 11.8 Å². The van der Waals surface area contributed by atoms with Gasteiger partial charge in [0.1, 0.15) is 11.8 Å². The molecule has 2 aromatic rings. The number of hydrogen-bond acceptors (Lipinski definition) is 9. The lowest BCUT2D eigenvalue weighted by molar-refractivity contribution is -0.136. The molecule has 0 radical (unpaired) electrons. The Hall–Kier alpha value is -4.44. The van der Waals surface area contributed by atoms with Gasteiger partial charge in [-0.15, -0.1) is 0 Å². The average molecular weight is 606 g/mol. The number of nitrogens with one attached hydrogen (secondary N) is 3. The molecule has 44 heavy (non-hydrogen) atoms. The largest absolute Gasteiger partial charge is 0.495 e. The standard InChI is InChI=1S/C32H39N5O7/c1-42-28-20-23(9-10-26(28)33)30(39)35-13-5-17-44-19-15-34-14-18-43-16-3-2-6-22-7-4-8-24-25(22)21-37(32(24)41)27-11-12-29(38)36-31(27)40/h4,7-10,20,27,34H,3,5,11-19,21,33H2,1H3,(H,35,39)(H,36,38,40). The van der Waals surface area contributed by atoms with Crippen LogP contribution in [-0.2, 0) is 25.6 Å². The maximum atomic E-state index is 12.9. The number of hydrogen-bond donors (Lipinski definition) is 4. The van der Waals surface area contributed by atoms with E-state index in [9.17, 15) is 19.2 Å². The average Bonchev–Trinajstić information content (AvgIpc) is 3.35. The predicted octanol–water partition coefficient (Wildman–Crippen LogP) is 1.22. The number of rotatable bonds is 15. The van der Waals surface area contributed by atoms with Gasteiger partial charge >= 0.3 is 0 Å². The molecule has 0 aromatic heterocycles. The van der Waals surface area contributed by atoms with Crippen molar-refractivity contribution in [3.63, 3.8) is 0 Å². The number of imide groups is 1. The molecule has 12 nitrogen and oxygen atoms in total. The molecule has 2 aliphatic rings. The van der Waals surface area contributed by atoms with Crippen LogP contribution >= 0.6 is 0 Å². The molecule has 2 aliphatic heterocycles. The topological polar surface area (TPSA) is 161 Å². The van der Waals surface area contributed by atoms with Gasteiger partial charge in [0, 0.05) is 62.3 Å². The lowest BCUT2D eigenvalue weighted by Crippen LogP contribution is -2.52. The van der Waals surface area contributed by atoms with Gasteiger partial charge in [-0.05, 0) is 48.7 Å². The highest BCUT2D eigenvalue weighted by Gasteiger charge is 2.39. The number of carbonyl (C=O) groups is 4. The number of amides is 4. The second-order valence-corrected chi connectivity index (χ2v) is 10.3. The van der Waals surface area contributed by atoms with Crippen LogP contribution in [0.15, 0.2) is 36.4 Å². The van der Waals surface area contributed by atoms with Crippen LogP contribution in [0.25, 0.3) is 0 Å². The van der Waals surface area contributed by atoms with Crippen molar-refractivity contribution < 1.29 is 33.4 Å².